The number of ether oxygens (including phenoxy) is 2. The third-order valence-corrected chi connectivity index (χ3v) is 3.70. The van der Waals surface area contributed by atoms with Gasteiger partial charge < -0.3 is 20.1 Å². The number of amides is 2. The molecule has 0 radical (unpaired) electrons. The molecule has 2 N–H and O–H groups in total. The Balaban J connectivity index is 1.75. The second kappa shape index (κ2) is 9.41. The van der Waals surface area contributed by atoms with Crippen LogP contribution in [0.1, 0.15) is 15.9 Å². The number of benzene rings is 2. The van der Waals surface area contributed by atoms with Crippen LogP contribution in [0.2, 0.25) is 0 Å². The molecule has 0 aliphatic carbocycles. The van der Waals surface area contributed by atoms with Crippen LogP contribution in [0.4, 0.5) is 4.39 Å². The molecule has 0 fully saturated rings. The van der Waals surface area contributed by atoms with Crippen molar-refractivity contribution in [3.63, 3.8) is 0 Å². The number of rotatable bonds is 8. The molecule has 0 unspecified atom stereocenters. The summed E-state index contributed by atoms with van der Waals surface area (Å²) in [7, 11) is 3.13. The van der Waals surface area contributed by atoms with Gasteiger partial charge in [0.15, 0.2) is 11.5 Å². The van der Waals surface area contributed by atoms with E-state index in [1.807, 2.05) is 12.1 Å². The third-order valence-electron chi connectivity index (χ3n) is 3.70. The minimum Gasteiger partial charge on any atom is -0.493 e. The number of carbonyl (C=O) groups excluding carboxylic acids is 2. The van der Waals surface area contributed by atoms with Crippen LogP contribution in [0.25, 0.3) is 0 Å². The van der Waals surface area contributed by atoms with Crippen molar-refractivity contribution in [3.05, 3.63) is 59.4 Å². The van der Waals surface area contributed by atoms with Gasteiger partial charge in [0.05, 0.1) is 20.8 Å². The monoisotopic (exact) mass is 360 g/mol. The van der Waals surface area contributed by atoms with E-state index in [1.165, 1.54) is 24.3 Å². The summed E-state index contributed by atoms with van der Waals surface area (Å²) in [5.74, 6) is 0.113. The zero-order chi connectivity index (χ0) is 18.9. The molecular formula is C19H21FN2O4. The average molecular weight is 360 g/mol. The smallest absolute Gasteiger partial charge is 0.251 e. The first-order valence-corrected chi connectivity index (χ1v) is 8.05. The Kier molecular flexibility index (Phi) is 6.96. The molecule has 2 aromatic carbocycles. The van der Waals surface area contributed by atoms with Gasteiger partial charge in [0, 0.05) is 12.1 Å². The summed E-state index contributed by atoms with van der Waals surface area (Å²) in [6.45, 7) is 0.267. The highest BCUT2D eigenvalue weighted by Gasteiger charge is 2.08. The lowest BCUT2D eigenvalue weighted by Crippen LogP contribution is -2.37. The number of carbonyl (C=O) groups is 2. The van der Waals surface area contributed by atoms with Crippen molar-refractivity contribution in [3.8, 4) is 11.5 Å². The van der Waals surface area contributed by atoms with Gasteiger partial charge in [-0.2, -0.15) is 0 Å². The minimum atomic E-state index is -0.431. The van der Waals surface area contributed by atoms with Crippen molar-refractivity contribution >= 4 is 11.8 Å². The Bertz CT molecular complexity index is 763. The van der Waals surface area contributed by atoms with Gasteiger partial charge in [0.1, 0.15) is 5.82 Å². The molecule has 26 heavy (non-hydrogen) atoms. The third kappa shape index (κ3) is 5.47. The molecule has 0 aromatic heterocycles. The largest absolute Gasteiger partial charge is 0.493 e. The fourth-order valence-electron chi connectivity index (χ4n) is 2.31. The molecular weight excluding hydrogens is 339 g/mol. The number of hydrogen-bond acceptors (Lipinski definition) is 4. The highest BCUT2D eigenvalue weighted by atomic mass is 19.1. The first-order valence-electron chi connectivity index (χ1n) is 8.05. The van der Waals surface area contributed by atoms with Crippen molar-refractivity contribution < 1.29 is 23.5 Å². The Morgan fingerprint density at radius 1 is 0.962 bits per heavy atom. The molecule has 0 aliphatic heterocycles. The van der Waals surface area contributed by atoms with E-state index in [0.717, 1.165) is 5.56 Å². The molecule has 138 valence electrons. The Morgan fingerprint density at radius 2 is 1.65 bits per heavy atom. The minimum absolute atomic E-state index is 0.151. The molecule has 2 rings (SSSR count). The topological polar surface area (TPSA) is 76.7 Å². The van der Waals surface area contributed by atoms with Crippen LogP contribution in [0.3, 0.4) is 0 Å². The maximum absolute atomic E-state index is 12.8. The summed E-state index contributed by atoms with van der Waals surface area (Å²) >= 11 is 0. The van der Waals surface area contributed by atoms with E-state index >= 15 is 0 Å². The first-order chi connectivity index (χ1) is 12.5. The van der Waals surface area contributed by atoms with E-state index in [0.29, 0.717) is 30.0 Å². The van der Waals surface area contributed by atoms with Crippen LogP contribution in [-0.4, -0.2) is 39.1 Å². The van der Waals surface area contributed by atoms with Crippen molar-refractivity contribution in [2.75, 3.05) is 27.3 Å². The lowest BCUT2D eigenvalue weighted by molar-refractivity contribution is -0.120. The predicted octanol–water partition coefficient (Wildman–Crippen LogP) is 1.93. The second-order valence-electron chi connectivity index (χ2n) is 5.48. The number of halogens is 1. The summed E-state index contributed by atoms with van der Waals surface area (Å²) < 4.78 is 23.2. The molecule has 0 bridgehead atoms. The van der Waals surface area contributed by atoms with E-state index in [1.54, 1.807) is 20.3 Å². The molecule has 0 saturated heterocycles. The average Bonchev–Trinajstić information content (AvgIpc) is 2.66. The molecule has 0 atom stereocenters. The molecule has 0 spiro atoms. The SMILES string of the molecule is COc1ccc(CCNC(=O)CNC(=O)c2ccc(F)cc2)cc1OC. The summed E-state index contributed by atoms with van der Waals surface area (Å²) in [5, 5.41) is 5.22. The van der Waals surface area contributed by atoms with Crippen molar-refractivity contribution in [1.82, 2.24) is 10.6 Å². The highest BCUT2D eigenvalue weighted by molar-refractivity contribution is 5.96. The normalized spacial score (nSPS) is 10.1. The molecule has 0 heterocycles. The van der Waals surface area contributed by atoms with Gasteiger partial charge in [-0.15, -0.1) is 0 Å². The zero-order valence-electron chi connectivity index (χ0n) is 14.7. The van der Waals surface area contributed by atoms with Crippen LogP contribution in [-0.2, 0) is 11.2 Å². The summed E-state index contributed by atoms with van der Waals surface area (Å²) in [5.41, 5.74) is 1.28. The Morgan fingerprint density at radius 3 is 2.31 bits per heavy atom. The van der Waals surface area contributed by atoms with E-state index in [-0.39, 0.29) is 12.5 Å². The molecule has 2 aromatic rings. The van der Waals surface area contributed by atoms with Gasteiger partial charge in [0.25, 0.3) is 5.91 Å². The van der Waals surface area contributed by atoms with E-state index in [2.05, 4.69) is 10.6 Å². The van der Waals surface area contributed by atoms with Crippen molar-refractivity contribution in [2.24, 2.45) is 0 Å². The number of hydrogen-bond donors (Lipinski definition) is 2. The van der Waals surface area contributed by atoms with E-state index < -0.39 is 11.7 Å². The Labute approximate surface area is 151 Å². The molecule has 6 nitrogen and oxygen atoms in total. The van der Waals surface area contributed by atoms with Crippen LogP contribution in [0.15, 0.2) is 42.5 Å². The summed E-state index contributed by atoms with van der Waals surface area (Å²) in [4.78, 5) is 23.7. The van der Waals surface area contributed by atoms with Crippen LogP contribution >= 0.6 is 0 Å². The molecule has 0 saturated carbocycles. The fraction of sp³-hybridized carbons (Fsp3) is 0.263. The van der Waals surface area contributed by atoms with Gasteiger partial charge >= 0.3 is 0 Å². The zero-order valence-corrected chi connectivity index (χ0v) is 14.7. The highest BCUT2D eigenvalue weighted by Crippen LogP contribution is 2.27. The molecule has 7 heteroatoms. The van der Waals surface area contributed by atoms with Crippen LogP contribution in [0, 0.1) is 5.82 Å². The van der Waals surface area contributed by atoms with Gasteiger partial charge in [-0.05, 0) is 48.4 Å². The van der Waals surface area contributed by atoms with Gasteiger partial charge in [-0.3, -0.25) is 9.59 Å². The maximum atomic E-state index is 12.8. The van der Waals surface area contributed by atoms with E-state index in [4.69, 9.17) is 9.47 Å². The van der Waals surface area contributed by atoms with E-state index in [9.17, 15) is 14.0 Å². The van der Waals surface area contributed by atoms with Gasteiger partial charge in [0.2, 0.25) is 5.91 Å². The summed E-state index contributed by atoms with van der Waals surface area (Å²) in [6, 6.07) is 10.7. The lowest BCUT2D eigenvalue weighted by Gasteiger charge is -2.10. The lowest BCUT2D eigenvalue weighted by atomic mass is 10.1. The quantitative estimate of drug-likeness (QED) is 0.754. The standard InChI is InChI=1S/C19H21FN2O4/c1-25-16-8-3-13(11-17(16)26-2)9-10-21-18(23)12-22-19(24)14-4-6-15(20)7-5-14/h3-8,11H,9-10,12H2,1-2H3,(H,21,23)(H,22,24). The first kappa shape index (κ1) is 19.2. The van der Waals surface area contributed by atoms with Gasteiger partial charge in [-0.25, -0.2) is 4.39 Å². The maximum Gasteiger partial charge on any atom is 0.251 e. The second-order valence-corrected chi connectivity index (χ2v) is 5.48. The Hall–Kier alpha value is -3.09. The van der Waals surface area contributed by atoms with Gasteiger partial charge in [-0.1, -0.05) is 6.07 Å². The molecule has 0 aliphatic rings. The number of methoxy groups -OCH3 is 2. The predicted molar refractivity (Wildman–Crippen MR) is 95.0 cm³/mol. The molecule has 2 amide bonds. The fourth-order valence-corrected chi connectivity index (χ4v) is 2.31. The van der Waals surface area contributed by atoms with Crippen molar-refractivity contribution in [1.29, 1.82) is 0 Å². The summed E-state index contributed by atoms with van der Waals surface area (Å²) in [6.07, 6.45) is 0.609. The van der Waals surface area contributed by atoms with Crippen LogP contribution < -0.4 is 20.1 Å². The van der Waals surface area contributed by atoms with Crippen LogP contribution in [0.5, 0.6) is 11.5 Å². The van der Waals surface area contributed by atoms with Crippen molar-refractivity contribution in [2.45, 2.75) is 6.42 Å². The number of nitrogens with one attached hydrogen (secondary N) is 2.